The zero-order valence-corrected chi connectivity index (χ0v) is 18.3. The summed E-state index contributed by atoms with van der Waals surface area (Å²) in [5.74, 6) is -1.19. The van der Waals surface area contributed by atoms with Gasteiger partial charge in [-0.2, -0.15) is 0 Å². The summed E-state index contributed by atoms with van der Waals surface area (Å²) in [6.45, 7) is 3.14. The fraction of sp³-hybridized carbons (Fsp3) is 0.333. The number of hydrogen-bond donors (Lipinski definition) is 1. The van der Waals surface area contributed by atoms with E-state index >= 15 is 0 Å². The first-order valence-electron chi connectivity index (χ1n) is 10.6. The molecule has 0 atom stereocenters. The van der Waals surface area contributed by atoms with Crippen molar-refractivity contribution in [1.82, 2.24) is 9.80 Å². The number of carbonyl (C=O) groups is 2. The van der Waals surface area contributed by atoms with Crippen LogP contribution in [0.3, 0.4) is 0 Å². The van der Waals surface area contributed by atoms with Gasteiger partial charge in [-0.25, -0.2) is 9.29 Å². The number of amides is 2. The lowest BCUT2D eigenvalue weighted by Crippen LogP contribution is -2.48. The monoisotopic (exact) mass is 438 g/mol. The summed E-state index contributed by atoms with van der Waals surface area (Å²) in [6, 6.07) is 12.9. The molecule has 1 saturated heterocycles. The average Bonchev–Trinajstić information content (AvgIpc) is 3.05. The number of carbonyl (C=O) groups excluding carboxylic acids is 2. The summed E-state index contributed by atoms with van der Waals surface area (Å²) in [5, 5.41) is 9.20. The summed E-state index contributed by atoms with van der Waals surface area (Å²) < 4.78 is 13.6. The Morgan fingerprint density at radius 1 is 0.969 bits per heavy atom. The predicted octanol–water partition coefficient (Wildman–Crippen LogP) is 1.79. The van der Waals surface area contributed by atoms with Gasteiger partial charge >= 0.3 is 0 Å². The van der Waals surface area contributed by atoms with Crippen LogP contribution < -0.4 is 9.80 Å². The zero-order chi connectivity index (χ0) is 22.8. The second-order valence-corrected chi connectivity index (χ2v) is 8.14. The predicted molar refractivity (Wildman–Crippen MR) is 122 cm³/mol. The van der Waals surface area contributed by atoms with Crippen molar-refractivity contribution in [1.29, 1.82) is 0 Å². The number of nitrogens with zero attached hydrogens (tertiary/aromatic N) is 4. The molecule has 2 aromatic carbocycles. The van der Waals surface area contributed by atoms with Crippen molar-refractivity contribution in [3.8, 4) is 0 Å². The molecule has 0 radical (unpaired) electrons. The van der Waals surface area contributed by atoms with Crippen LogP contribution in [-0.4, -0.2) is 80.1 Å². The molecule has 2 aliphatic heterocycles. The zero-order valence-electron chi connectivity index (χ0n) is 18.3. The molecule has 0 saturated carbocycles. The third kappa shape index (κ3) is 4.11. The fourth-order valence-electron chi connectivity index (χ4n) is 4.17. The Kier molecular flexibility index (Phi) is 6.25. The van der Waals surface area contributed by atoms with Crippen molar-refractivity contribution in [3.63, 3.8) is 0 Å². The van der Waals surface area contributed by atoms with Crippen molar-refractivity contribution in [2.24, 2.45) is 0 Å². The molecule has 2 heterocycles. The van der Waals surface area contributed by atoms with Gasteiger partial charge in [-0.3, -0.25) is 14.5 Å². The van der Waals surface area contributed by atoms with Crippen LogP contribution in [0, 0.1) is 5.82 Å². The van der Waals surface area contributed by atoms with Gasteiger partial charge in [-0.15, -0.1) is 0 Å². The highest BCUT2D eigenvalue weighted by molar-refractivity contribution is 6.45. The normalized spacial score (nSPS) is 17.5. The van der Waals surface area contributed by atoms with E-state index in [9.17, 15) is 19.1 Å². The molecule has 0 aliphatic carbocycles. The molecule has 2 aliphatic rings. The van der Waals surface area contributed by atoms with E-state index in [4.69, 9.17) is 0 Å². The maximum atomic E-state index is 13.6. The van der Waals surface area contributed by atoms with Crippen LogP contribution in [0.4, 0.5) is 15.8 Å². The van der Waals surface area contributed by atoms with Crippen molar-refractivity contribution in [2.75, 3.05) is 63.2 Å². The first kappa shape index (κ1) is 22.0. The minimum atomic E-state index is -0.412. The Hall–Kier alpha value is -3.23. The number of piperazine rings is 1. The summed E-state index contributed by atoms with van der Waals surface area (Å²) >= 11 is 0. The molecule has 0 aromatic heterocycles. The average molecular weight is 439 g/mol. The van der Waals surface area contributed by atoms with E-state index in [0.717, 1.165) is 5.69 Å². The van der Waals surface area contributed by atoms with Crippen LogP contribution in [0.5, 0.6) is 0 Å². The highest BCUT2D eigenvalue weighted by atomic mass is 19.1. The Balaban J connectivity index is 1.74. The van der Waals surface area contributed by atoms with E-state index in [2.05, 4.69) is 4.90 Å². The second kappa shape index (κ2) is 9.10. The molecule has 1 N–H and O–H groups in total. The number of β-amino-alcohol motifs (C(OH)–C–C–N with tert-alkyl or cyclic N) is 1. The maximum Gasteiger partial charge on any atom is 0.282 e. The first-order chi connectivity index (χ1) is 15.4. The maximum absolute atomic E-state index is 13.6. The largest absolute Gasteiger partial charge is 0.395 e. The number of rotatable bonds is 6. The Morgan fingerprint density at radius 2 is 1.66 bits per heavy atom. The Bertz CT molecular complexity index is 1040. The van der Waals surface area contributed by atoms with Gasteiger partial charge in [0.1, 0.15) is 11.5 Å². The highest BCUT2D eigenvalue weighted by Gasteiger charge is 2.43. The van der Waals surface area contributed by atoms with Crippen LogP contribution in [0.2, 0.25) is 0 Å². The van der Waals surface area contributed by atoms with E-state index in [0.29, 0.717) is 55.2 Å². The van der Waals surface area contributed by atoms with Crippen molar-refractivity contribution >= 4 is 28.8 Å². The lowest BCUT2D eigenvalue weighted by molar-refractivity contribution is -0.120. The van der Waals surface area contributed by atoms with Crippen LogP contribution in [-0.2, 0) is 9.59 Å². The van der Waals surface area contributed by atoms with Gasteiger partial charge < -0.3 is 14.9 Å². The number of aliphatic hydroxyl groups excluding tert-OH is 1. The molecule has 0 unspecified atom stereocenters. The molecular formula is C24H27FN4O3. The van der Waals surface area contributed by atoms with Crippen molar-refractivity contribution in [3.05, 3.63) is 65.6 Å². The lowest BCUT2D eigenvalue weighted by Gasteiger charge is -2.36. The molecule has 32 heavy (non-hydrogen) atoms. The summed E-state index contributed by atoms with van der Waals surface area (Å²) in [6.07, 6.45) is 0. The van der Waals surface area contributed by atoms with E-state index in [1.165, 1.54) is 29.2 Å². The fourth-order valence-corrected chi connectivity index (χ4v) is 4.17. The number of halogens is 1. The summed E-state index contributed by atoms with van der Waals surface area (Å²) in [7, 11) is 3.79. The lowest BCUT2D eigenvalue weighted by atomic mass is 10.0. The molecule has 2 amide bonds. The highest BCUT2D eigenvalue weighted by Crippen LogP contribution is 2.36. The standard InChI is InChI=1S/C24H27FN4O3/c1-26(2)19-4-3-5-20(16-19)29-23(31)21(17-6-8-18(25)9-7-17)22(24(29)32)28-12-10-27(11-13-28)14-15-30/h3-9,16,30H,10-15H2,1-2H3. The van der Waals surface area contributed by atoms with Crippen molar-refractivity contribution in [2.45, 2.75) is 0 Å². The SMILES string of the molecule is CN(C)c1cccc(N2C(=O)C(c3ccc(F)cc3)=C(N3CCN(CCO)CC3)C2=O)c1. The molecule has 0 bridgehead atoms. The Labute approximate surface area is 186 Å². The van der Waals surface area contributed by atoms with Crippen LogP contribution >= 0.6 is 0 Å². The van der Waals surface area contributed by atoms with Gasteiger partial charge in [0.25, 0.3) is 11.8 Å². The molecule has 0 spiro atoms. The third-order valence-corrected chi connectivity index (χ3v) is 5.90. The second-order valence-electron chi connectivity index (χ2n) is 8.14. The minimum absolute atomic E-state index is 0.0803. The number of anilines is 2. The molecular weight excluding hydrogens is 411 g/mol. The number of benzene rings is 2. The van der Waals surface area contributed by atoms with Gasteiger partial charge in [0.05, 0.1) is 17.9 Å². The molecule has 1 fully saturated rings. The van der Waals surface area contributed by atoms with E-state index in [1.54, 1.807) is 12.1 Å². The van der Waals surface area contributed by atoms with Crippen molar-refractivity contribution < 1.29 is 19.1 Å². The van der Waals surface area contributed by atoms with Gasteiger partial charge in [-0.05, 0) is 35.9 Å². The molecule has 2 aromatic rings. The Morgan fingerprint density at radius 3 is 2.28 bits per heavy atom. The van der Waals surface area contributed by atoms with E-state index in [1.807, 2.05) is 36.0 Å². The van der Waals surface area contributed by atoms with Gasteiger partial charge in [-0.1, -0.05) is 18.2 Å². The molecule has 7 nitrogen and oxygen atoms in total. The molecule has 168 valence electrons. The quantitative estimate of drug-likeness (QED) is 0.694. The summed E-state index contributed by atoms with van der Waals surface area (Å²) in [4.78, 5) is 34.4. The van der Waals surface area contributed by atoms with E-state index < -0.39 is 11.7 Å². The molecule has 8 heteroatoms. The number of aliphatic hydroxyl groups is 1. The van der Waals surface area contributed by atoms with Crippen LogP contribution in [0.15, 0.2) is 54.2 Å². The van der Waals surface area contributed by atoms with Crippen LogP contribution in [0.1, 0.15) is 5.56 Å². The van der Waals surface area contributed by atoms with Gasteiger partial charge in [0.2, 0.25) is 0 Å². The smallest absolute Gasteiger partial charge is 0.282 e. The van der Waals surface area contributed by atoms with Crippen LogP contribution in [0.25, 0.3) is 5.57 Å². The number of hydrogen-bond acceptors (Lipinski definition) is 6. The van der Waals surface area contributed by atoms with Gasteiger partial charge in [0.15, 0.2) is 0 Å². The van der Waals surface area contributed by atoms with E-state index in [-0.39, 0.29) is 12.5 Å². The molecule has 4 rings (SSSR count). The minimum Gasteiger partial charge on any atom is -0.395 e. The number of imide groups is 1. The first-order valence-corrected chi connectivity index (χ1v) is 10.6. The topological polar surface area (TPSA) is 67.3 Å². The van der Waals surface area contributed by atoms with Gasteiger partial charge in [0, 0.05) is 52.5 Å². The third-order valence-electron chi connectivity index (χ3n) is 5.90. The summed E-state index contributed by atoms with van der Waals surface area (Å²) in [5.41, 5.74) is 2.53.